The molecule has 3 rings (SSSR count). The van der Waals surface area contributed by atoms with E-state index in [-0.39, 0.29) is 11.9 Å². The molecule has 154 valence electrons. The highest BCUT2D eigenvalue weighted by Gasteiger charge is 2.17. The molecule has 0 fully saturated rings. The molecule has 0 spiro atoms. The summed E-state index contributed by atoms with van der Waals surface area (Å²) in [7, 11) is 3.50. The van der Waals surface area contributed by atoms with Crippen molar-refractivity contribution in [3.8, 4) is 5.75 Å². The molecule has 0 atom stereocenters. The molecule has 1 aromatic carbocycles. The van der Waals surface area contributed by atoms with Gasteiger partial charge in [0.2, 0.25) is 5.91 Å². The Hall–Kier alpha value is -2.89. The van der Waals surface area contributed by atoms with Gasteiger partial charge in [-0.2, -0.15) is 5.10 Å². The molecule has 6 heteroatoms. The van der Waals surface area contributed by atoms with Crippen LogP contribution in [-0.4, -0.2) is 39.7 Å². The molecule has 0 unspecified atom stereocenters. The summed E-state index contributed by atoms with van der Waals surface area (Å²) in [5.74, 6) is 0.940. The Morgan fingerprint density at radius 3 is 2.52 bits per heavy atom. The summed E-state index contributed by atoms with van der Waals surface area (Å²) < 4.78 is 7.14. The highest BCUT2D eigenvalue weighted by Crippen LogP contribution is 2.25. The quantitative estimate of drug-likeness (QED) is 0.602. The molecule has 0 bridgehead atoms. The van der Waals surface area contributed by atoms with Crippen LogP contribution in [0, 0.1) is 13.8 Å². The number of carbonyl (C=O) groups is 1. The van der Waals surface area contributed by atoms with E-state index >= 15 is 0 Å². The molecular weight excluding hydrogens is 364 g/mol. The minimum absolute atomic E-state index is 0.123. The van der Waals surface area contributed by atoms with Gasteiger partial charge in [0.1, 0.15) is 5.75 Å². The maximum atomic E-state index is 12.7. The molecule has 0 radical (unpaired) electrons. The summed E-state index contributed by atoms with van der Waals surface area (Å²) in [6, 6.07) is 8.07. The molecule has 2 aromatic heterocycles. The largest absolute Gasteiger partial charge is 0.497 e. The fourth-order valence-corrected chi connectivity index (χ4v) is 3.65. The summed E-state index contributed by atoms with van der Waals surface area (Å²) in [4.78, 5) is 19.2. The number of fused-ring (bicyclic) bond motifs is 1. The van der Waals surface area contributed by atoms with Crippen molar-refractivity contribution in [2.24, 2.45) is 0 Å². The highest BCUT2D eigenvalue weighted by molar-refractivity contribution is 5.81. The molecule has 0 N–H and O–H groups in total. The van der Waals surface area contributed by atoms with Gasteiger partial charge in [0.05, 0.1) is 13.3 Å². The van der Waals surface area contributed by atoms with Crippen molar-refractivity contribution in [2.45, 2.75) is 53.1 Å². The fraction of sp³-hybridized carbons (Fsp3) is 0.435. The molecule has 0 aliphatic carbocycles. The summed E-state index contributed by atoms with van der Waals surface area (Å²) in [5, 5.41) is 5.56. The normalized spacial score (nSPS) is 11.3. The van der Waals surface area contributed by atoms with E-state index in [1.54, 1.807) is 12.0 Å². The number of nitrogens with zero attached hydrogens (tertiary/aromatic N) is 4. The van der Waals surface area contributed by atoms with Crippen molar-refractivity contribution in [3.05, 3.63) is 52.8 Å². The van der Waals surface area contributed by atoms with Crippen LogP contribution in [0.3, 0.4) is 0 Å². The number of hydrogen-bond acceptors (Lipinski definition) is 4. The molecule has 0 aliphatic rings. The molecule has 0 aliphatic heterocycles. The predicted octanol–water partition coefficient (Wildman–Crippen LogP) is 4.23. The molecule has 29 heavy (non-hydrogen) atoms. The van der Waals surface area contributed by atoms with Crippen molar-refractivity contribution >= 4 is 16.9 Å². The Labute approximate surface area is 172 Å². The Balaban J connectivity index is 1.69. The van der Waals surface area contributed by atoms with Gasteiger partial charge in [-0.1, -0.05) is 12.1 Å². The van der Waals surface area contributed by atoms with E-state index in [2.05, 4.69) is 25.9 Å². The number of amides is 1. The van der Waals surface area contributed by atoms with Crippen LogP contribution < -0.4 is 4.74 Å². The van der Waals surface area contributed by atoms with Crippen LogP contribution in [0.25, 0.3) is 11.0 Å². The van der Waals surface area contributed by atoms with Gasteiger partial charge in [0, 0.05) is 37.1 Å². The number of pyridine rings is 1. The zero-order chi connectivity index (χ0) is 21.1. The number of aryl methyl sites for hydroxylation is 2. The molecule has 0 saturated heterocycles. The first-order valence-electron chi connectivity index (χ1n) is 10.0. The van der Waals surface area contributed by atoms with E-state index in [1.165, 1.54) is 5.56 Å². The van der Waals surface area contributed by atoms with Gasteiger partial charge in [-0.05, 0) is 62.9 Å². The number of aromatic nitrogens is 3. The van der Waals surface area contributed by atoms with Crippen LogP contribution in [0.4, 0.5) is 0 Å². The van der Waals surface area contributed by atoms with Crippen molar-refractivity contribution in [2.75, 3.05) is 14.2 Å². The summed E-state index contributed by atoms with van der Waals surface area (Å²) in [6.45, 7) is 8.91. The van der Waals surface area contributed by atoms with Crippen molar-refractivity contribution in [1.82, 2.24) is 19.7 Å². The average molecular weight is 395 g/mol. The Morgan fingerprint density at radius 1 is 1.21 bits per heavy atom. The third-order valence-electron chi connectivity index (χ3n) is 5.42. The van der Waals surface area contributed by atoms with Gasteiger partial charge in [-0.3, -0.25) is 4.79 Å². The van der Waals surface area contributed by atoms with Gasteiger partial charge in [-0.25, -0.2) is 9.67 Å². The minimum atomic E-state index is 0.123. The third kappa shape index (κ3) is 4.42. The smallest absolute Gasteiger partial charge is 0.222 e. The van der Waals surface area contributed by atoms with Crippen LogP contribution in [-0.2, 0) is 17.8 Å². The Bertz CT molecular complexity index is 1010. The number of benzene rings is 1. The summed E-state index contributed by atoms with van der Waals surface area (Å²) >= 11 is 0. The van der Waals surface area contributed by atoms with E-state index in [0.29, 0.717) is 19.4 Å². The van der Waals surface area contributed by atoms with Crippen molar-refractivity contribution < 1.29 is 9.53 Å². The molecule has 6 nitrogen and oxygen atoms in total. The van der Waals surface area contributed by atoms with Gasteiger partial charge < -0.3 is 9.64 Å². The lowest BCUT2D eigenvalue weighted by Gasteiger charge is -2.18. The number of rotatable bonds is 7. The lowest BCUT2D eigenvalue weighted by Crippen LogP contribution is -2.26. The van der Waals surface area contributed by atoms with Gasteiger partial charge in [0.25, 0.3) is 0 Å². The maximum Gasteiger partial charge on any atom is 0.222 e. The fourth-order valence-electron chi connectivity index (χ4n) is 3.65. The van der Waals surface area contributed by atoms with E-state index in [1.807, 2.05) is 49.1 Å². The van der Waals surface area contributed by atoms with Crippen LogP contribution in [0.15, 0.2) is 30.5 Å². The molecule has 2 heterocycles. The van der Waals surface area contributed by atoms with E-state index in [0.717, 1.165) is 33.6 Å². The third-order valence-corrected chi connectivity index (χ3v) is 5.42. The molecule has 3 aromatic rings. The number of carbonyl (C=O) groups excluding carboxylic acids is 1. The minimum Gasteiger partial charge on any atom is -0.497 e. The Kier molecular flexibility index (Phi) is 6.20. The van der Waals surface area contributed by atoms with Crippen molar-refractivity contribution in [3.63, 3.8) is 0 Å². The van der Waals surface area contributed by atoms with Gasteiger partial charge >= 0.3 is 0 Å². The first-order valence-corrected chi connectivity index (χ1v) is 10.0. The summed E-state index contributed by atoms with van der Waals surface area (Å²) in [6.07, 6.45) is 3.03. The lowest BCUT2D eigenvalue weighted by atomic mass is 10.00. The monoisotopic (exact) mass is 394 g/mol. The summed E-state index contributed by atoms with van der Waals surface area (Å²) in [5.41, 5.74) is 5.29. The zero-order valence-electron chi connectivity index (χ0n) is 18.2. The second-order valence-electron chi connectivity index (χ2n) is 7.82. The first kappa shape index (κ1) is 20.8. The lowest BCUT2D eigenvalue weighted by molar-refractivity contribution is -0.130. The van der Waals surface area contributed by atoms with Gasteiger partial charge in [-0.15, -0.1) is 0 Å². The predicted molar refractivity (Wildman–Crippen MR) is 115 cm³/mol. The van der Waals surface area contributed by atoms with Gasteiger partial charge in [0.15, 0.2) is 5.65 Å². The van der Waals surface area contributed by atoms with Crippen LogP contribution >= 0.6 is 0 Å². The van der Waals surface area contributed by atoms with Crippen molar-refractivity contribution in [1.29, 1.82) is 0 Å². The van der Waals surface area contributed by atoms with E-state index in [9.17, 15) is 4.79 Å². The number of hydrogen-bond donors (Lipinski definition) is 0. The first-order chi connectivity index (χ1) is 13.8. The van der Waals surface area contributed by atoms with Crippen LogP contribution in [0.1, 0.15) is 48.7 Å². The SMILES string of the molecule is COc1ccc(CN(C)C(=O)CCc2c(C)nc3c(cnn3C(C)C)c2C)cc1. The second-order valence-corrected chi connectivity index (χ2v) is 7.82. The second kappa shape index (κ2) is 8.64. The molecule has 1 amide bonds. The Morgan fingerprint density at radius 2 is 1.90 bits per heavy atom. The number of methoxy groups -OCH3 is 1. The van der Waals surface area contributed by atoms with Crippen LogP contribution in [0.5, 0.6) is 5.75 Å². The zero-order valence-corrected chi connectivity index (χ0v) is 18.2. The molecular formula is C23H30N4O2. The average Bonchev–Trinajstić information content (AvgIpc) is 3.12. The van der Waals surface area contributed by atoms with Crippen LogP contribution in [0.2, 0.25) is 0 Å². The van der Waals surface area contributed by atoms with E-state index in [4.69, 9.17) is 9.72 Å². The standard InChI is InChI=1S/C23H30N4O2/c1-15(2)27-23-21(13-24-27)16(3)20(17(4)25-23)11-12-22(28)26(5)14-18-7-9-19(29-6)10-8-18/h7-10,13,15H,11-12,14H2,1-6H3. The maximum absolute atomic E-state index is 12.7. The van der Waals surface area contributed by atoms with E-state index < -0.39 is 0 Å². The molecule has 0 saturated carbocycles. The number of ether oxygens (including phenoxy) is 1. The highest BCUT2D eigenvalue weighted by atomic mass is 16.5. The topological polar surface area (TPSA) is 60.2 Å².